The second kappa shape index (κ2) is 5.21. The maximum absolute atomic E-state index is 4.46. The van der Waals surface area contributed by atoms with E-state index in [0.29, 0.717) is 0 Å². The molecule has 0 atom stereocenters. The zero-order valence-electron chi connectivity index (χ0n) is 11.2. The largest absolute Gasteiger partial charge is 0.346 e. The van der Waals surface area contributed by atoms with Gasteiger partial charge in [-0.3, -0.25) is 4.98 Å². The van der Waals surface area contributed by atoms with Crippen molar-refractivity contribution in [2.75, 3.05) is 17.2 Å². The van der Waals surface area contributed by atoms with Crippen molar-refractivity contribution in [1.82, 2.24) is 19.9 Å². The van der Waals surface area contributed by atoms with E-state index >= 15 is 0 Å². The van der Waals surface area contributed by atoms with Crippen molar-refractivity contribution in [1.29, 1.82) is 0 Å². The van der Waals surface area contributed by atoms with Gasteiger partial charge in [-0.05, 0) is 12.1 Å². The van der Waals surface area contributed by atoms with Crippen molar-refractivity contribution in [3.8, 4) is 0 Å². The summed E-state index contributed by atoms with van der Waals surface area (Å²) in [6.45, 7) is 0.936. The molecular formula is C15H13N5S. The standard InChI is InChI=1S/C15H13N5S/c1-2-11(8-16-4-1)13-9-20(6-7-21-13)15-12-3-5-17-14(12)18-10-19-15/h1-5,8-10H,6-7H2,(H,17,18,19). The number of anilines is 1. The molecule has 0 bridgehead atoms. The van der Waals surface area contributed by atoms with Crippen LogP contribution in [0.15, 0.2) is 49.3 Å². The van der Waals surface area contributed by atoms with Crippen LogP contribution < -0.4 is 4.90 Å². The van der Waals surface area contributed by atoms with Crippen molar-refractivity contribution in [2.45, 2.75) is 0 Å². The molecule has 0 saturated carbocycles. The Bertz CT molecular complexity index is 796. The number of hydrogen-bond donors (Lipinski definition) is 1. The highest BCUT2D eigenvalue weighted by Gasteiger charge is 2.17. The minimum absolute atomic E-state index is 0.870. The zero-order valence-corrected chi connectivity index (χ0v) is 12.0. The fourth-order valence-corrected chi connectivity index (χ4v) is 3.42. The SMILES string of the molecule is C1=C(c2cccnc2)SCCN1c1ncnc2[nH]ccc12. The van der Waals surface area contributed by atoms with Crippen molar-refractivity contribution >= 4 is 33.5 Å². The smallest absolute Gasteiger partial charge is 0.145 e. The molecule has 1 aliphatic heterocycles. The van der Waals surface area contributed by atoms with Gasteiger partial charge in [-0.25, -0.2) is 9.97 Å². The van der Waals surface area contributed by atoms with Gasteiger partial charge in [0.15, 0.2) is 0 Å². The topological polar surface area (TPSA) is 57.7 Å². The maximum Gasteiger partial charge on any atom is 0.145 e. The summed E-state index contributed by atoms with van der Waals surface area (Å²) in [7, 11) is 0. The van der Waals surface area contributed by atoms with Gasteiger partial charge < -0.3 is 9.88 Å². The van der Waals surface area contributed by atoms with Crippen LogP contribution in [0.4, 0.5) is 5.82 Å². The molecule has 1 aliphatic rings. The first-order valence-electron chi connectivity index (χ1n) is 6.71. The van der Waals surface area contributed by atoms with E-state index < -0.39 is 0 Å². The first kappa shape index (κ1) is 12.4. The molecular weight excluding hydrogens is 282 g/mol. The van der Waals surface area contributed by atoms with E-state index in [4.69, 9.17) is 0 Å². The van der Waals surface area contributed by atoms with E-state index in [1.165, 1.54) is 4.91 Å². The highest BCUT2D eigenvalue weighted by molar-refractivity contribution is 8.08. The minimum Gasteiger partial charge on any atom is -0.346 e. The number of hydrogen-bond acceptors (Lipinski definition) is 5. The average molecular weight is 295 g/mol. The summed E-state index contributed by atoms with van der Waals surface area (Å²) in [6, 6.07) is 6.07. The Morgan fingerprint density at radius 1 is 1.24 bits per heavy atom. The summed E-state index contributed by atoms with van der Waals surface area (Å²) in [5.41, 5.74) is 2.01. The molecule has 5 nitrogen and oxygen atoms in total. The van der Waals surface area contributed by atoms with Gasteiger partial charge in [0.1, 0.15) is 17.8 Å². The minimum atomic E-state index is 0.870. The van der Waals surface area contributed by atoms with Gasteiger partial charge >= 0.3 is 0 Å². The molecule has 1 N–H and O–H groups in total. The van der Waals surface area contributed by atoms with Crippen LogP contribution in [0.5, 0.6) is 0 Å². The normalized spacial score (nSPS) is 15.2. The monoisotopic (exact) mass is 295 g/mol. The summed E-state index contributed by atoms with van der Waals surface area (Å²) in [5.74, 6) is 1.97. The third-order valence-corrected chi connectivity index (χ3v) is 4.45. The van der Waals surface area contributed by atoms with Crippen LogP contribution in [-0.2, 0) is 0 Å². The molecule has 0 saturated heterocycles. The van der Waals surface area contributed by atoms with Gasteiger partial charge in [0.25, 0.3) is 0 Å². The van der Waals surface area contributed by atoms with Gasteiger partial charge in [-0.15, -0.1) is 11.8 Å². The van der Waals surface area contributed by atoms with E-state index in [1.807, 2.05) is 36.3 Å². The molecule has 0 amide bonds. The maximum atomic E-state index is 4.46. The summed E-state index contributed by atoms with van der Waals surface area (Å²) in [4.78, 5) is 19.4. The van der Waals surface area contributed by atoms with Crippen LogP contribution >= 0.6 is 11.8 Å². The van der Waals surface area contributed by atoms with Crippen LogP contribution in [0, 0.1) is 0 Å². The molecule has 4 rings (SSSR count). The lowest BCUT2D eigenvalue weighted by molar-refractivity contribution is 0.988. The molecule has 3 aromatic rings. The molecule has 0 aliphatic carbocycles. The molecule has 6 heteroatoms. The number of nitrogens with zero attached hydrogens (tertiary/aromatic N) is 4. The van der Waals surface area contributed by atoms with E-state index in [9.17, 15) is 0 Å². The molecule has 0 aromatic carbocycles. The van der Waals surface area contributed by atoms with Crippen LogP contribution in [-0.4, -0.2) is 32.2 Å². The van der Waals surface area contributed by atoms with Gasteiger partial charge in [-0.2, -0.15) is 0 Å². The number of pyridine rings is 1. The highest BCUT2D eigenvalue weighted by Crippen LogP contribution is 2.33. The zero-order chi connectivity index (χ0) is 14.1. The molecule has 104 valence electrons. The number of fused-ring (bicyclic) bond motifs is 1. The fraction of sp³-hybridized carbons (Fsp3) is 0.133. The number of H-pyrrole nitrogens is 1. The Morgan fingerprint density at radius 3 is 3.14 bits per heavy atom. The summed E-state index contributed by atoms with van der Waals surface area (Å²) in [5, 5.41) is 1.05. The lowest BCUT2D eigenvalue weighted by Crippen LogP contribution is -2.24. The van der Waals surface area contributed by atoms with Gasteiger partial charge in [0, 0.05) is 47.6 Å². The van der Waals surface area contributed by atoms with Crippen molar-refractivity contribution in [2.24, 2.45) is 0 Å². The average Bonchev–Trinajstić information content (AvgIpc) is 3.04. The van der Waals surface area contributed by atoms with Gasteiger partial charge in [0.05, 0.1) is 5.39 Å². The molecule has 0 unspecified atom stereocenters. The lowest BCUT2D eigenvalue weighted by atomic mass is 10.2. The Morgan fingerprint density at radius 2 is 2.24 bits per heavy atom. The van der Waals surface area contributed by atoms with Crippen LogP contribution in [0.2, 0.25) is 0 Å². The van der Waals surface area contributed by atoms with E-state index in [2.05, 4.69) is 37.1 Å². The highest BCUT2D eigenvalue weighted by atomic mass is 32.2. The Hall–Kier alpha value is -2.34. The summed E-state index contributed by atoms with van der Waals surface area (Å²) >= 11 is 1.85. The quantitative estimate of drug-likeness (QED) is 0.788. The van der Waals surface area contributed by atoms with E-state index in [-0.39, 0.29) is 0 Å². The summed E-state index contributed by atoms with van der Waals surface area (Å²) in [6.07, 6.45) is 9.35. The number of thioether (sulfide) groups is 1. The number of nitrogens with one attached hydrogen (secondary N) is 1. The molecule has 4 heterocycles. The van der Waals surface area contributed by atoms with Crippen LogP contribution in [0.3, 0.4) is 0 Å². The number of rotatable bonds is 2. The second-order valence-corrected chi connectivity index (χ2v) is 5.85. The molecule has 0 spiro atoms. The van der Waals surface area contributed by atoms with Crippen molar-refractivity contribution in [3.05, 3.63) is 54.9 Å². The Balaban J connectivity index is 1.77. The first-order valence-corrected chi connectivity index (χ1v) is 7.70. The third-order valence-electron chi connectivity index (χ3n) is 3.41. The number of aromatic nitrogens is 4. The van der Waals surface area contributed by atoms with Crippen molar-refractivity contribution < 1.29 is 0 Å². The van der Waals surface area contributed by atoms with Crippen LogP contribution in [0.25, 0.3) is 15.9 Å². The van der Waals surface area contributed by atoms with Gasteiger partial charge in [-0.1, -0.05) is 6.07 Å². The summed E-state index contributed by atoms with van der Waals surface area (Å²) < 4.78 is 0. The third kappa shape index (κ3) is 2.27. The molecule has 21 heavy (non-hydrogen) atoms. The van der Waals surface area contributed by atoms with Crippen molar-refractivity contribution in [3.63, 3.8) is 0 Å². The Kier molecular flexibility index (Phi) is 3.08. The molecule has 0 radical (unpaired) electrons. The number of aromatic amines is 1. The van der Waals surface area contributed by atoms with Crippen LogP contribution in [0.1, 0.15) is 5.56 Å². The molecule has 3 aromatic heterocycles. The predicted molar refractivity (Wildman–Crippen MR) is 85.9 cm³/mol. The van der Waals surface area contributed by atoms with E-state index in [1.54, 1.807) is 12.5 Å². The predicted octanol–water partition coefficient (Wildman–Crippen LogP) is 2.90. The first-order chi connectivity index (χ1) is 10.4. The fourth-order valence-electron chi connectivity index (χ4n) is 2.42. The lowest BCUT2D eigenvalue weighted by Gasteiger charge is -2.25. The van der Waals surface area contributed by atoms with Gasteiger partial charge in [0.2, 0.25) is 0 Å². The molecule has 0 fully saturated rings. The second-order valence-electron chi connectivity index (χ2n) is 4.71. The van der Waals surface area contributed by atoms with E-state index in [0.717, 1.165) is 34.7 Å². The Labute approximate surface area is 126 Å².